The second-order valence-corrected chi connectivity index (χ2v) is 4.20. The molecule has 0 aromatic heterocycles. The first-order valence-electron chi connectivity index (χ1n) is 5.53. The van der Waals surface area contributed by atoms with E-state index >= 15 is 0 Å². The average molecular weight is 207 g/mol. The molecule has 84 valence electrons. The summed E-state index contributed by atoms with van der Waals surface area (Å²) in [7, 11) is 4.04. The molecule has 0 heterocycles. The maximum absolute atomic E-state index is 9.91. The van der Waals surface area contributed by atoms with E-state index < -0.39 is 0 Å². The lowest BCUT2D eigenvalue weighted by atomic mass is 9.99. The third-order valence-corrected chi connectivity index (χ3v) is 2.81. The van der Waals surface area contributed by atoms with E-state index in [1.54, 1.807) is 0 Å². The van der Waals surface area contributed by atoms with Crippen LogP contribution in [-0.2, 0) is 6.42 Å². The van der Waals surface area contributed by atoms with Gasteiger partial charge in [0.15, 0.2) is 0 Å². The number of likely N-dealkylation sites (N-methyl/N-ethyl adjacent to an activating group) is 1. The van der Waals surface area contributed by atoms with Crippen molar-refractivity contribution < 1.29 is 5.11 Å². The Balaban J connectivity index is 2.67. The van der Waals surface area contributed by atoms with Crippen LogP contribution in [0.3, 0.4) is 0 Å². The Morgan fingerprint density at radius 1 is 1.20 bits per heavy atom. The van der Waals surface area contributed by atoms with Gasteiger partial charge >= 0.3 is 0 Å². The van der Waals surface area contributed by atoms with E-state index in [1.807, 2.05) is 39.2 Å². The number of hydrogen-bond donors (Lipinski definition) is 1. The fraction of sp³-hybridized carbons (Fsp3) is 0.538. The highest BCUT2D eigenvalue weighted by atomic mass is 16.3. The van der Waals surface area contributed by atoms with Gasteiger partial charge in [0.05, 0.1) is 6.10 Å². The van der Waals surface area contributed by atoms with E-state index in [4.69, 9.17) is 0 Å². The van der Waals surface area contributed by atoms with E-state index in [2.05, 4.69) is 17.0 Å². The van der Waals surface area contributed by atoms with Crippen LogP contribution in [0.4, 0.5) is 0 Å². The maximum atomic E-state index is 9.91. The molecule has 0 spiro atoms. The summed E-state index contributed by atoms with van der Waals surface area (Å²) in [6, 6.07) is 10.5. The summed E-state index contributed by atoms with van der Waals surface area (Å²) in [6.07, 6.45) is 1.46. The number of rotatable bonds is 5. The molecule has 2 heteroatoms. The highest BCUT2D eigenvalue weighted by Crippen LogP contribution is 2.12. The molecular formula is C13H21NO. The Bertz CT molecular complexity index is 271. The summed E-state index contributed by atoms with van der Waals surface area (Å²) in [5, 5.41) is 9.91. The van der Waals surface area contributed by atoms with Gasteiger partial charge in [-0.05, 0) is 32.5 Å². The first kappa shape index (κ1) is 12.2. The van der Waals surface area contributed by atoms with Gasteiger partial charge in [-0.2, -0.15) is 0 Å². The lowest BCUT2D eigenvalue weighted by Crippen LogP contribution is -2.40. The number of nitrogens with zero attached hydrogens (tertiary/aromatic N) is 1. The largest absolute Gasteiger partial charge is 0.391 e. The highest BCUT2D eigenvalue weighted by Gasteiger charge is 2.19. The first-order valence-corrected chi connectivity index (χ1v) is 5.53. The monoisotopic (exact) mass is 207 g/mol. The van der Waals surface area contributed by atoms with Crippen LogP contribution in [0.5, 0.6) is 0 Å². The first-order chi connectivity index (χ1) is 7.15. The zero-order valence-corrected chi connectivity index (χ0v) is 9.85. The van der Waals surface area contributed by atoms with Gasteiger partial charge < -0.3 is 10.0 Å². The molecule has 0 fully saturated rings. The van der Waals surface area contributed by atoms with Gasteiger partial charge in [-0.3, -0.25) is 0 Å². The predicted octanol–water partition coefficient (Wildman–Crippen LogP) is 1.93. The lowest BCUT2D eigenvalue weighted by molar-refractivity contribution is 0.0730. The van der Waals surface area contributed by atoms with Crippen molar-refractivity contribution >= 4 is 0 Å². The minimum Gasteiger partial charge on any atom is -0.391 e. The zero-order chi connectivity index (χ0) is 11.3. The Kier molecular flexibility index (Phi) is 4.79. The predicted molar refractivity (Wildman–Crippen MR) is 63.9 cm³/mol. The van der Waals surface area contributed by atoms with Crippen molar-refractivity contribution in [3.05, 3.63) is 35.9 Å². The summed E-state index contributed by atoms with van der Waals surface area (Å²) in [6.45, 7) is 2.02. The van der Waals surface area contributed by atoms with Gasteiger partial charge in [0.2, 0.25) is 0 Å². The fourth-order valence-corrected chi connectivity index (χ4v) is 1.79. The molecule has 1 aromatic carbocycles. The molecule has 1 aromatic rings. The molecule has 0 aliphatic heterocycles. The number of aliphatic hydroxyl groups excluding tert-OH is 1. The number of aliphatic hydroxyl groups is 1. The normalized spacial score (nSPS) is 15.3. The minimum absolute atomic E-state index is 0.206. The molecule has 0 saturated carbocycles. The van der Waals surface area contributed by atoms with Crippen LogP contribution in [0.15, 0.2) is 30.3 Å². The molecule has 1 N–H and O–H groups in total. The zero-order valence-electron chi connectivity index (χ0n) is 9.85. The SMILES string of the molecule is CC[C@@H](O)[C@@H](Cc1ccccc1)N(C)C. The van der Waals surface area contributed by atoms with E-state index in [-0.39, 0.29) is 12.1 Å². The Hall–Kier alpha value is -0.860. The van der Waals surface area contributed by atoms with Gasteiger partial charge in [0.25, 0.3) is 0 Å². The van der Waals surface area contributed by atoms with E-state index in [0.717, 1.165) is 12.8 Å². The van der Waals surface area contributed by atoms with E-state index in [0.29, 0.717) is 0 Å². The van der Waals surface area contributed by atoms with Crippen molar-refractivity contribution in [1.82, 2.24) is 4.90 Å². The summed E-state index contributed by atoms with van der Waals surface area (Å²) in [5.74, 6) is 0. The summed E-state index contributed by atoms with van der Waals surface area (Å²) < 4.78 is 0. The molecule has 0 unspecified atom stereocenters. The highest BCUT2D eigenvalue weighted by molar-refractivity contribution is 5.16. The summed E-state index contributed by atoms with van der Waals surface area (Å²) in [4.78, 5) is 2.10. The molecule has 0 amide bonds. The molecule has 0 aliphatic rings. The topological polar surface area (TPSA) is 23.5 Å². The minimum atomic E-state index is -0.250. The van der Waals surface area contributed by atoms with Crippen LogP contribution in [0, 0.1) is 0 Å². The third kappa shape index (κ3) is 3.65. The molecular weight excluding hydrogens is 186 g/mol. The quantitative estimate of drug-likeness (QED) is 0.797. The van der Waals surface area contributed by atoms with Crippen molar-refractivity contribution in [2.75, 3.05) is 14.1 Å². The van der Waals surface area contributed by atoms with Crippen molar-refractivity contribution in [3.63, 3.8) is 0 Å². The molecule has 15 heavy (non-hydrogen) atoms. The Labute approximate surface area is 92.5 Å². The van der Waals surface area contributed by atoms with Crippen molar-refractivity contribution in [2.24, 2.45) is 0 Å². The van der Waals surface area contributed by atoms with Gasteiger partial charge in [0, 0.05) is 6.04 Å². The molecule has 2 nitrogen and oxygen atoms in total. The third-order valence-electron chi connectivity index (χ3n) is 2.81. The van der Waals surface area contributed by atoms with Crippen molar-refractivity contribution in [2.45, 2.75) is 31.9 Å². The smallest absolute Gasteiger partial charge is 0.0695 e. The second-order valence-electron chi connectivity index (χ2n) is 4.20. The van der Waals surface area contributed by atoms with Crippen molar-refractivity contribution in [3.8, 4) is 0 Å². The van der Waals surface area contributed by atoms with E-state index in [1.165, 1.54) is 5.56 Å². The average Bonchev–Trinajstić information content (AvgIpc) is 2.26. The maximum Gasteiger partial charge on any atom is 0.0695 e. The summed E-state index contributed by atoms with van der Waals surface area (Å²) in [5.41, 5.74) is 1.28. The van der Waals surface area contributed by atoms with Gasteiger partial charge in [0.1, 0.15) is 0 Å². The standard InChI is InChI=1S/C13H21NO/c1-4-13(15)12(14(2)3)10-11-8-6-5-7-9-11/h5-9,12-13,15H,4,10H2,1-3H3/t12-,13-/m1/s1. The van der Waals surface area contributed by atoms with Crippen LogP contribution in [0.2, 0.25) is 0 Å². The van der Waals surface area contributed by atoms with Crippen LogP contribution in [0.25, 0.3) is 0 Å². The van der Waals surface area contributed by atoms with Gasteiger partial charge in [-0.1, -0.05) is 37.3 Å². The lowest BCUT2D eigenvalue weighted by Gasteiger charge is -2.28. The van der Waals surface area contributed by atoms with Crippen LogP contribution in [0.1, 0.15) is 18.9 Å². The fourth-order valence-electron chi connectivity index (χ4n) is 1.79. The molecule has 0 bridgehead atoms. The van der Waals surface area contributed by atoms with Crippen LogP contribution < -0.4 is 0 Å². The number of hydrogen-bond acceptors (Lipinski definition) is 2. The van der Waals surface area contributed by atoms with E-state index in [9.17, 15) is 5.11 Å². The molecule has 0 saturated heterocycles. The Morgan fingerprint density at radius 2 is 1.80 bits per heavy atom. The van der Waals surface area contributed by atoms with Gasteiger partial charge in [-0.15, -0.1) is 0 Å². The van der Waals surface area contributed by atoms with Crippen molar-refractivity contribution in [1.29, 1.82) is 0 Å². The Morgan fingerprint density at radius 3 is 2.27 bits per heavy atom. The van der Waals surface area contributed by atoms with Crippen LogP contribution in [-0.4, -0.2) is 36.2 Å². The number of benzene rings is 1. The molecule has 2 atom stereocenters. The van der Waals surface area contributed by atoms with Gasteiger partial charge in [-0.25, -0.2) is 0 Å². The summed E-state index contributed by atoms with van der Waals surface area (Å²) >= 11 is 0. The molecule has 1 rings (SSSR count). The van der Waals surface area contributed by atoms with Crippen LogP contribution >= 0.6 is 0 Å². The second kappa shape index (κ2) is 5.89. The molecule has 0 radical (unpaired) electrons. The molecule has 0 aliphatic carbocycles.